The lowest BCUT2D eigenvalue weighted by atomic mass is 10.1. The van der Waals surface area contributed by atoms with Crippen LogP contribution in [0.4, 0.5) is 11.4 Å². The van der Waals surface area contributed by atoms with E-state index in [1.807, 2.05) is 12.1 Å². The zero-order valence-electron chi connectivity index (χ0n) is 12.1. The molecular formula is C15H24N2O2. The molecular weight excluding hydrogens is 240 g/mol. The van der Waals surface area contributed by atoms with Gasteiger partial charge in [0.25, 0.3) is 0 Å². The van der Waals surface area contributed by atoms with E-state index in [1.165, 1.54) is 0 Å². The number of hydrogen-bond donors (Lipinski definition) is 1. The molecule has 2 unspecified atom stereocenters. The molecule has 2 atom stereocenters. The fourth-order valence-electron chi connectivity index (χ4n) is 2.52. The highest BCUT2D eigenvalue weighted by Gasteiger charge is 2.24. The molecule has 1 aliphatic heterocycles. The first-order chi connectivity index (χ1) is 9.11. The summed E-state index contributed by atoms with van der Waals surface area (Å²) in [5, 5.41) is 0. The molecule has 0 saturated carbocycles. The Hall–Kier alpha value is -1.42. The highest BCUT2D eigenvalue weighted by molar-refractivity contribution is 5.74. The van der Waals surface area contributed by atoms with Crippen LogP contribution in [0.15, 0.2) is 18.2 Å². The molecule has 0 aromatic heterocycles. The monoisotopic (exact) mass is 264 g/mol. The number of hydrogen-bond acceptors (Lipinski definition) is 4. The molecule has 2 rings (SSSR count). The first-order valence-corrected chi connectivity index (χ1v) is 7.03. The smallest absolute Gasteiger partial charge is 0.144 e. The Labute approximate surface area is 115 Å². The van der Waals surface area contributed by atoms with E-state index in [0.717, 1.165) is 36.6 Å². The SMILES string of the molecule is CCCOc1cccc(N2CC(C)OC(C)C2)c1N. The molecule has 0 amide bonds. The maximum atomic E-state index is 6.24. The Morgan fingerprint density at radius 1 is 1.32 bits per heavy atom. The van der Waals surface area contributed by atoms with Crippen LogP contribution in [0.5, 0.6) is 5.75 Å². The van der Waals surface area contributed by atoms with E-state index in [4.69, 9.17) is 15.2 Å². The summed E-state index contributed by atoms with van der Waals surface area (Å²) < 4.78 is 11.4. The van der Waals surface area contributed by atoms with Gasteiger partial charge in [-0.2, -0.15) is 0 Å². The number of nitrogens with two attached hydrogens (primary N) is 1. The molecule has 1 fully saturated rings. The van der Waals surface area contributed by atoms with E-state index in [2.05, 4.69) is 31.7 Å². The van der Waals surface area contributed by atoms with Crippen molar-refractivity contribution in [3.05, 3.63) is 18.2 Å². The van der Waals surface area contributed by atoms with Crippen molar-refractivity contribution in [3.63, 3.8) is 0 Å². The Morgan fingerprint density at radius 3 is 2.63 bits per heavy atom. The van der Waals surface area contributed by atoms with Crippen molar-refractivity contribution in [1.29, 1.82) is 0 Å². The van der Waals surface area contributed by atoms with Crippen molar-refractivity contribution >= 4 is 11.4 Å². The van der Waals surface area contributed by atoms with Gasteiger partial charge >= 0.3 is 0 Å². The van der Waals surface area contributed by atoms with Gasteiger partial charge in [-0.25, -0.2) is 0 Å². The number of benzene rings is 1. The number of nitrogen functional groups attached to an aromatic ring is 1. The topological polar surface area (TPSA) is 47.7 Å². The van der Waals surface area contributed by atoms with Gasteiger partial charge in [0.15, 0.2) is 0 Å². The maximum Gasteiger partial charge on any atom is 0.144 e. The lowest BCUT2D eigenvalue weighted by Gasteiger charge is -2.37. The van der Waals surface area contributed by atoms with Crippen molar-refractivity contribution in [2.45, 2.75) is 39.4 Å². The summed E-state index contributed by atoms with van der Waals surface area (Å²) >= 11 is 0. The summed E-state index contributed by atoms with van der Waals surface area (Å²) in [6.07, 6.45) is 1.43. The van der Waals surface area contributed by atoms with E-state index in [0.29, 0.717) is 6.61 Å². The van der Waals surface area contributed by atoms with E-state index in [9.17, 15) is 0 Å². The van der Waals surface area contributed by atoms with Crippen LogP contribution >= 0.6 is 0 Å². The van der Waals surface area contributed by atoms with Crippen LogP contribution < -0.4 is 15.4 Å². The van der Waals surface area contributed by atoms with Crippen molar-refractivity contribution in [2.75, 3.05) is 30.3 Å². The van der Waals surface area contributed by atoms with Gasteiger partial charge in [0, 0.05) is 13.1 Å². The zero-order chi connectivity index (χ0) is 13.8. The lowest BCUT2D eigenvalue weighted by Crippen LogP contribution is -2.45. The van der Waals surface area contributed by atoms with Crippen molar-refractivity contribution in [2.24, 2.45) is 0 Å². The molecule has 106 valence electrons. The molecule has 1 saturated heterocycles. The van der Waals surface area contributed by atoms with Crippen LogP contribution in [0, 0.1) is 0 Å². The Bertz CT molecular complexity index is 413. The van der Waals surface area contributed by atoms with Crippen LogP contribution in [0.1, 0.15) is 27.2 Å². The van der Waals surface area contributed by atoms with Crippen LogP contribution in [0.25, 0.3) is 0 Å². The Kier molecular flexibility index (Phi) is 4.53. The highest BCUT2D eigenvalue weighted by Crippen LogP contribution is 2.33. The second-order valence-electron chi connectivity index (χ2n) is 5.20. The number of para-hydroxylation sites is 1. The first kappa shape index (κ1) is 14.0. The van der Waals surface area contributed by atoms with Gasteiger partial charge in [0.2, 0.25) is 0 Å². The number of nitrogens with zero attached hydrogens (tertiary/aromatic N) is 1. The lowest BCUT2D eigenvalue weighted by molar-refractivity contribution is -0.00518. The minimum atomic E-state index is 0.225. The molecule has 1 aromatic carbocycles. The summed E-state index contributed by atoms with van der Waals surface area (Å²) in [4.78, 5) is 2.28. The summed E-state index contributed by atoms with van der Waals surface area (Å²) in [6.45, 7) is 8.71. The summed E-state index contributed by atoms with van der Waals surface area (Å²) in [5.74, 6) is 0.783. The van der Waals surface area contributed by atoms with Gasteiger partial charge in [-0.3, -0.25) is 0 Å². The largest absolute Gasteiger partial charge is 0.491 e. The molecule has 0 bridgehead atoms. The van der Waals surface area contributed by atoms with E-state index in [1.54, 1.807) is 0 Å². The fourth-order valence-corrected chi connectivity index (χ4v) is 2.52. The summed E-state index contributed by atoms with van der Waals surface area (Å²) in [6, 6.07) is 5.99. The second kappa shape index (κ2) is 6.15. The third-order valence-electron chi connectivity index (χ3n) is 3.27. The van der Waals surface area contributed by atoms with Crippen LogP contribution in [-0.4, -0.2) is 31.9 Å². The molecule has 19 heavy (non-hydrogen) atoms. The summed E-state index contributed by atoms with van der Waals surface area (Å²) in [5.41, 5.74) is 8.02. The van der Waals surface area contributed by atoms with Crippen molar-refractivity contribution < 1.29 is 9.47 Å². The third kappa shape index (κ3) is 3.32. The van der Waals surface area contributed by atoms with Gasteiger partial charge in [-0.15, -0.1) is 0 Å². The molecule has 0 radical (unpaired) electrons. The van der Waals surface area contributed by atoms with Crippen molar-refractivity contribution in [3.8, 4) is 5.75 Å². The molecule has 1 aliphatic rings. The third-order valence-corrected chi connectivity index (χ3v) is 3.27. The Balaban J connectivity index is 2.19. The maximum absolute atomic E-state index is 6.24. The average Bonchev–Trinajstić information content (AvgIpc) is 2.36. The minimum Gasteiger partial charge on any atom is -0.491 e. The van der Waals surface area contributed by atoms with E-state index < -0.39 is 0 Å². The number of ether oxygens (including phenoxy) is 2. The van der Waals surface area contributed by atoms with Gasteiger partial charge in [-0.1, -0.05) is 13.0 Å². The number of anilines is 2. The molecule has 4 nitrogen and oxygen atoms in total. The van der Waals surface area contributed by atoms with Gasteiger partial charge in [0.1, 0.15) is 5.75 Å². The predicted octanol–water partition coefficient (Wildman–Crippen LogP) is 2.67. The van der Waals surface area contributed by atoms with Crippen LogP contribution in [-0.2, 0) is 4.74 Å². The van der Waals surface area contributed by atoms with Crippen LogP contribution in [0.2, 0.25) is 0 Å². The minimum absolute atomic E-state index is 0.225. The molecule has 1 aromatic rings. The van der Waals surface area contributed by atoms with Gasteiger partial charge in [0.05, 0.1) is 30.2 Å². The van der Waals surface area contributed by atoms with E-state index >= 15 is 0 Å². The average molecular weight is 264 g/mol. The molecule has 0 aliphatic carbocycles. The predicted molar refractivity (Wildman–Crippen MR) is 78.9 cm³/mol. The van der Waals surface area contributed by atoms with Crippen LogP contribution in [0.3, 0.4) is 0 Å². The molecule has 2 N–H and O–H groups in total. The molecule has 1 heterocycles. The quantitative estimate of drug-likeness (QED) is 0.849. The number of rotatable bonds is 4. The standard InChI is InChI=1S/C15H24N2O2/c1-4-8-18-14-7-5-6-13(15(14)16)17-9-11(2)19-12(3)10-17/h5-7,11-12H,4,8-10,16H2,1-3H3. The number of morpholine rings is 1. The molecule has 4 heteroatoms. The highest BCUT2D eigenvalue weighted by atomic mass is 16.5. The van der Waals surface area contributed by atoms with Gasteiger partial charge < -0.3 is 20.1 Å². The summed E-state index contributed by atoms with van der Waals surface area (Å²) in [7, 11) is 0. The molecule has 0 spiro atoms. The zero-order valence-corrected chi connectivity index (χ0v) is 12.1. The van der Waals surface area contributed by atoms with Gasteiger partial charge in [-0.05, 0) is 32.4 Å². The second-order valence-corrected chi connectivity index (χ2v) is 5.20. The fraction of sp³-hybridized carbons (Fsp3) is 0.600. The normalized spacial score (nSPS) is 23.4. The Morgan fingerprint density at radius 2 is 2.00 bits per heavy atom. The first-order valence-electron chi connectivity index (χ1n) is 7.03. The van der Waals surface area contributed by atoms with E-state index in [-0.39, 0.29) is 12.2 Å². The van der Waals surface area contributed by atoms with Crippen molar-refractivity contribution in [1.82, 2.24) is 0 Å².